The minimum atomic E-state index is -0.253. The van der Waals surface area contributed by atoms with Crippen LogP contribution in [0.2, 0.25) is 0 Å². The van der Waals surface area contributed by atoms with E-state index in [4.69, 9.17) is 4.42 Å². The number of hydrogen-bond acceptors (Lipinski definition) is 3. The van der Waals surface area contributed by atoms with Gasteiger partial charge in [-0.15, -0.1) is 0 Å². The molecule has 4 heteroatoms. The Morgan fingerprint density at radius 3 is 2.68 bits per heavy atom. The molecule has 1 atom stereocenters. The zero-order valence-corrected chi connectivity index (χ0v) is 14.2. The summed E-state index contributed by atoms with van der Waals surface area (Å²) >= 11 is 0. The van der Waals surface area contributed by atoms with Crippen LogP contribution in [0, 0.1) is 0 Å². The Bertz CT molecular complexity index is 832. The maximum absolute atomic E-state index is 13.2. The molecule has 25 heavy (non-hydrogen) atoms. The number of aromatic nitrogens is 1. The van der Waals surface area contributed by atoms with Crippen molar-refractivity contribution in [1.82, 2.24) is 9.88 Å². The number of furan rings is 1. The highest BCUT2D eigenvalue weighted by Crippen LogP contribution is 2.31. The number of rotatable bonds is 4. The molecule has 0 bridgehead atoms. The molecule has 4 rings (SSSR count). The van der Waals surface area contributed by atoms with Crippen LogP contribution in [-0.4, -0.2) is 22.8 Å². The van der Waals surface area contributed by atoms with Gasteiger partial charge in [0.1, 0.15) is 0 Å². The number of aryl methyl sites for hydroxylation is 1. The smallest absolute Gasteiger partial charge is 0.290 e. The van der Waals surface area contributed by atoms with Gasteiger partial charge in [-0.05, 0) is 42.5 Å². The fourth-order valence-corrected chi connectivity index (χ4v) is 3.58. The maximum Gasteiger partial charge on any atom is 0.290 e. The number of carbonyl (C=O) groups excluding carboxylic acids is 1. The van der Waals surface area contributed by atoms with Gasteiger partial charge in [-0.2, -0.15) is 0 Å². The summed E-state index contributed by atoms with van der Waals surface area (Å²) in [5.41, 5.74) is 4.11. The van der Waals surface area contributed by atoms with Gasteiger partial charge in [-0.3, -0.25) is 9.78 Å². The first-order valence-corrected chi connectivity index (χ1v) is 8.58. The fraction of sp³-hybridized carbons (Fsp3) is 0.238. The standard InChI is InChI=1S/C21H20N2O2/c1-23(21(24)20-17-11-7-10-16(17)14-25-20)19(15-8-3-2-4-9-15)18-12-5-6-13-22-18/h2-6,8-9,12-14,19H,7,10-11H2,1H3. The first kappa shape index (κ1) is 15.6. The van der Waals surface area contributed by atoms with Crippen LogP contribution in [0.3, 0.4) is 0 Å². The molecule has 0 radical (unpaired) electrons. The number of amides is 1. The Kier molecular flexibility index (Phi) is 4.10. The largest absolute Gasteiger partial charge is 0.459 e. The third-order valence-corrected chi connectivity index (χ3v) is 4.84. The van der Waals surface area contributed by atoms with Gasteiger partial charge in [-0.25, -0.2) is 0 Å². The zero-order chi connectivity index (χ0) is 17.2. The van der Waals surface area contributed by atoms with Crippen LogP contribution in [0.25, 0.3) is 0 Å². The highest BCUT2D eigenvalue weighted by molar-refractivity contribution is 5.93. The SMILES string of the molecule is CN(C(=O)c1occ2c1CCC2)C(c1ccccc1)c1ccccn1. The molecule has 4 nitrogen and oxygen atoms in total. The van der Waals surface area contributed by atoms with Crippen molar-refractivity contribution in [3.05, 3.63) is 89.1 Å². The number of fused-ring (bicyclic) bond motifs is 1. The van der Waals surface area contributed by atoms with E-state index in [0.717, 1.165) is 36.1 Å². The van der Waals surface area contributed by atoms with Crippen molar-refractivity contribution in [2.75, 3.05) is 7.05 Å². The van der Waals surface area contributed by atoms with Crippen LogP contribution in [0.5, 0.6) is 0 Å². The molecule has 2 heterocycles. The molecular weight excluding hydrogens is 312 g/mol. The molecule has 2 aromatic heterocycles. The van der Waals surface area contributed by atoms with Crippen molar-refractivity contribution in [2.45, 2.75) is 25.3 Å². The van der Waals surface area contributed by atoms with Gasteiger partial charge in [0.25, 0.3) is 5.91 Å². The lowest BCUT2D eigenvalue weighted by Crippen LogP contribution is -2.32. The topological polar surface area (TPSA) is 46.3 Å². The number of carbonyl (C=O) groups is 1. The van der Waals surface area contributed by atoms with Crippen molar-refractivity contribution in [3.8, 4) is 0 Å². The summed E-state index contributed by atoms with van der Waals surface area (Å²) in [5.74, 6) is 0.384. The summed E-state index contributed by atoms with van der Waals surface area (Å²) in [6.07, 6.45) is 6.50. The summed E-state index contributed by atoms with van der Waals surface area (Å²) in [7, 11) is 1.82. The van der Waals surface area contributed by atoms with Gasteiger partial charge in [0, 0.05) is 18.8 Å². The molecule has 1 aliphatic rings. The normalized spacial score (nSPS) is 14.1. The van der Waals surface area contributed by atoms with Gasteiger partial charge in [0.05, 0.1) is 18.0 Å². The van der Waals surface area contributed by atoms with Crippen LogP contribution in [-0.2, 0) is 12.8 Å². The van der Waals surface area contributed by atoms with E-state index in [9.17, 15) is 4.79 Å². The van der Waals surface area contributed by atoms with Crippen LogP contribution >= 0.6 is 0 Å². The number of nitrogens with zero attached hydrogens (tertiary/aromatic N) is 2. The Morgan fingerprint density at radius 1 is 1.12 bits per heavy atom. The summed E-state index contributed by atoms with van der Waals surface area (Å²) in [6.45, 7) is 0. The first-order chi connectivity index (χ1) is 12.3. The van der Waals surface area contributed by atoms with Crippen LogP contribution < -0.4 is 0 Å². The summed E-state index contributed by atoms with van der Waals surface area (Å²) in [6, 6.07) is 15.5. The summed E-state index contributed by atoms with van der Waals surface area (Å²) in [4.78, 5) is 19.4. The van der Waals surface area contributed by atoms with Crippen molar-refractivity contribution >= 4 is 5.91 Å². The molecule has 0 saturated heterocycles. The molecule has 3 aromatic rings. The number of pyridine rings is 1. The maximum atomic E-state index is 13.2. The van der Waals surface area contributed by atoms with E-state index in [1.54, 1.807) is 17.4 Å². The molecule has 0 spiro atoms. The highest BCUT2D eigenvalue weighted by atomic mass is 16.3. The second-order valence-electron chi connectivity index (χ2n) is 6.41. The molecule has 1 aromatic carbocycles. The van der Waals surface area contributed by atoms with Gasteiger partial charge < -0.3 is 9.32 Å². The van der Waals surface area contributed by atoms with E-state index < -0.39 is 0 Å². The van der Waals surface area contributed by atoms with Gasteiger partial charge in [0.15, 0.2) is 5.76 Å². The number of hydrogen-bond donors (Lipinski definition) is 0. The average Bonchev–Trinajstić information content (AvgIpc) is 3.27. The third kappa shape index (κ3) is 2.84. The predicted octanol–water partition coefficient (Wildman–Crippen LogP) is 4.02. The second kappa shape index (κ2) is 6.55. The van der Waals surface area contributed by atoms with E-state index in [-0.39, 0.29) is 11.9 Å². The zero-order valence-electron chi connectivity index (χ0n) is 14.2. The number of benzene rings is 1. The summed E-state index contributed by atoms with van der Waals surface area (Å²) in [5, 5.41) is 0. The van der Waals surface area contributed by atoms with E-state index in [0.29, 0.717) is 5.76 Å². The van der Waals surface area contributed by atoms with Crippen LogP contribution in [0.1, 0.15) is 45.4 Å². The van der Waals surface area contributed by atoms with Crippen molar-refractivity contribution < 1.29 is 9.21 Å². The fourth-order valence-electron chi connectivity index (χ4n) is 3.58. The van der Waals surface area contributed by atoms with Gasteiger partial charge in [0.2, 0.25) is 0 Å². The lowest BCUT2D eigenvalue weighted by Gasteiger charge is -2.28. The van der Waals surface area contributed by atoms with E-state index in [1.807, 2.05) is 55.6 Å². The minimum absolute atomic E-state index is 0.0948. The molecule has 1 aliphatic carbocycles. The second-order valence-corrected chi connectivity index (χ2v) is 6.41. The van der Waals surface area contributed by atoms with Gasteiger partial charge >= 0.3 is 0 Å². The summed E-state index contributed by atoms with van der Waals surface area (Å²) < 4.78 is 5.63. The molecule has 1 unspecified atom stereocenters. The Labute approximate surface area is 147 Å². The van der Waals surface area contributed by atoms with Crippen molar-refractivity contribution in [3.63, 3.8) is 0 Å². The molecule has 126 valence electrons. The van der Waals surface area contributed by atoms with Crippen molar-refractivity contribution in [2.24, 2.45) is 0 Å². The predicted molar refractivity (Wildman–Crippen MR) is 95.3 cm³/mol. The van der Waals surface area contributed by atoms with Crippen molar-refractivity contribution in [1.29, 1.82) is 0 Å². The van der Waals surface area contributed by atoms with E-state index in [1.165, 1.54) is 5.56 Å². The molecule has 0 saturated carbocycles. The van der Waals surface area contributed by atoms with Gasteiger partial charge in [-0.1, -0.05) is 36.4 Å². The van der Waals surface area contributed by atoms with E-state index in [2.05, 4.69) is 4.98 Å². The van der Waals surface area contributed by atoms with Crippen LogP contribution in [0.4, 0.5) is 0 Å². The Balaban J connectivity index is 1.73. The highest BCUT2D eigenvalue weighted by Gasteiger charge is 2.30. The lowest BCUT2D eigenvalue weighted by atomic mass is 10.0. The molecule has 0 aliphatic heterocycles. The third-order valence-electron chi connectivity index (χ3n) is 4.84. The van der Waals surface area contributed by atoms with Crippen LogP contribution in [0.15, 0.2) is 65.4 Å². The average molecular weight is 332 g/mol. The first-order valence-electron chi connectivity index (χ1n) is 8.58. The quantitative estimate of drug-likeness (QED) is 0.725. The lowest BCUT2D eigenvalue weighted by molar-refractivity contribution is 0.0719. The Morgan fingerprint density at radius 2 is 1.92 bits per heavy atom. The molecule has 0 N–H and O–H groups in total. The molecule has 0 fully saturated rings. The monoisotopic (exact) mass is 332 g/mol. The minimum Gasteiger partial charge on any atom is -0.459 e. The van der Waals surface area contributed by atoms with E-state index >= 15 is 0 Å². The molecule has 1 amide bonds. The Hall–Kier alpha value is -2.88. The molecular formula is C21H20N2O2.